The van der Waals surface area contributed by atoms with Crippen LogP contribution in [-0.2, 0) is 11.2 Å². The van der Waals surface area contributed by atoms with Crippen molar-refractivity contribution in [3.63, 3.8) is 0 Å². The molecule has 4 rings (SSSR count). The van der Waals surface area contributed by atoms with Crippen LogP contribution in [0.4, 0.5) is 5.69 Å². The molecule has 1 aliphatic rings. The first-order chi connectivity index (χ1) is 15.1. The minimum atomic E-state index is -0.490. The van der Waals surface area contributed by atoms with E-state index in [0.717, 1.165) is 17.0 Å². The second-order valence-electron chi connectivity index (χ2n) is 7.27. The molecule has 1 heterocycles. The minimum Gasteiger partial charge on any atom is -0.497 e. The van der Waals surface area contributed by atoms with Crippen LogP contribution in [0.25, 0.3) is 0 Å². The van der Waals surface area contributed by atoms with Gasteiger partial charge in [-0.25, -0.2) is 4.79 Å². The quantitative estimate of drug-likeness (QED) is 0.607. The molecule has 1 amide bonds. The zero-order valence-corrected chi connectivity index (χ0v) is 17.5. The number of rotatable bonds is 6. The molecule has 0 spiro atoms. The van der Waals surface area contributed by atoms with E-state index < -0.39 is 12.1 Å². The number of hydrogen-bond donors (Lipinski definition) is 1. The third kappa shape index (κ3) is 4.10. The zero-order chi connectivity index (χ0) is 21.8. The Kier molecular flexibility index (Phi) is 5.89. The Morgan fingerprint density at radius 2 is 1.68 bits per heavy atom. The van der Waals surface area contributed by atoms with Crippen molar-refractivity contribution in [2.45, 2.75) is 12.6 Å². The molecule has 0 fully saturated rings. The molecule has 0 saturated heterocycles. The fourth-order valence-corrected chi connectivity index (χ4v) is 3.84. The average Bonchev–Trinajstić information content (AvgIpc) is 2.83. The Hall–Kier alpha value is -3.80. The maximum atomic E-state index is 13.4. The number of ether oxygens (including phenoxy) is 2. The summed E-state index contributed by atoms with van der Waals surface area (Å²) < 4.78 is 10.2. The minimum absolute atomic E-state index is 0.0764. The van der Waals surface area contributed by atoms with Gasteiger partial charge in [0.25, 0.3) is 5.91 Å². The van der Waals surface area contributed by atoms with Gasteiger partial charge in [0.1, 0.15) is 11.9 Å². The maximum Gasteiger partial charge on any atom is 0.338 e. The Morgan fingerprint density at radius 1 is 0.968 bits per heavy atom. The Labute approximate surface area is 181 Å². The van der Waals surface area contributed by atoms with Gasteiger partial charge in [-0.2, -0.15) is 0 Å². The summed E-state index contributed by atoms with van der Waals surface area (Å²) in [6.07, 6.45) is 0.173. The number of nitrogens with one attached hydrogen (secondary N) is 1. The third-order valence-electron chi connectivity index (χ3n) is 5.48. The second kappa shape index (κ2) is 8.92. The molecule has 0 saturated carbocycles. The molecule has 3 aromatic carbocycles. The van der Waals surface area contributed by atoms with Crippen LogP contribution in [0.1, 0.15) is 38.0 Å². The summed E-state index contributed by atoms with van der Waals surface area (Å²) >= 11 is 0. The van der Waals surface area contributed by atoms with Gasteiger partial charge in [0.15, 0.2) is 0 Å². The number of anilines is 1. The first-order valence-corrected chi connectivity index (χ1v) is 10.1. The number of carbonyl (C=O) groups excluding carboxylic acids is 2. The molecule has 0 aliphatic carbocycles. The first kappa shape index (κ1) is 20.5. The highest BCUT2D eigenvalue weighted by Crippen LogP contribution is 2.34. The van der Waals surface area contributed by atoms with Crippen LogP contribution < -0.4 is 10.1 Å². The molecular formula is C25H24N2O4. The number of carbonyl (C=O) groups is 2. The van der Waals surface area contributed by atoms with Gasteiger partial charge in [0.05, 0.1) is 25.3 Å². The van der Waals surface area contributed by atoms with Crippen molar-refractivity contribution in [1.82, 2.24) is 4.90 Å². The van der Waals surface area contributed by atoms with Crippen LogP contribution in [-0.4, -0.2) is 37.5 Å². The van der Waals surface area contributed by atoms with Crippen molar-refractivity contribution >= 4 is 17.6 Å². The standard InChI is InChI=1S/C25H24N2O4/c1-30-18-13-11-17(12-14-18)15-16-27-23(19-7-3-4-8-20(19)25(29)31-2)26-22-10-6-5-9-21(22)24(27)28/h3-14,23,26H,15-16H2,1-2H3/t23-/m0/s1. The van der Waals surface area contributed by atoms with Gasteiger partial charge in [0, 0.05) is 17.8 Å². The number of benzene rings is 3. The molecular weight excluding hydrogens is 392 g/mol. The van der Waals surface area contributed by atoms with Crippen molar-refractivity contribution in [3.8, 4) is 5.75 Å². The van der Waals surface area contributed by atoms with Crippen LogP contribution in [0.2, 0.25) is 0 Å². The maximum absolute atomic E-state index is 13.4. The second-order valence-corrected chi connectivity index (χ2v) is 7.27. The zero-order valence-electron chi connectivity index (χ0n) is 17.5. The van der Waals surface area contributed by atoms with Gasteiger partial charge in [0.2, 0.25) is 0 Å². The summed E-state index contributed by atoms with van der Waals surface area (Å²) in [7, 11) is 2.99. The normalized spacial score (nSPS) is 15.1. The number of hydrogen-bond acceptors (Lipinski definition) is 5. The Bertz CT molecular complexity index is 1090. The Balaban J connectivity index is 1.69. The van der Waals surface area contributed by atoms with E-state index in [-0.39, 0.29) is 5.91 Å². The van der Waals surface area contributed by atoms with Gasteiger partial charge in [-0.05, 0) is 42.3 Å². The lowest BCUT2D eigenvalue weighted by molar-refractivity contribution is 0.0586. The highest BCUT2D eigenvalue weighted by molar-refractivity contribution is 6.02. The molecule has 1 aliphatic heterocycles. The molecule has 1 N–H and O–H groups in total. The molecule has 0 aromatic heterocycles. The predicted octanol–water partition coefficient (Wildman–Crippen LogP) is 4.29. The molecule has 6 heteroatoms. The van der Waals surface area contributed by atoms with E-state index in [1.807, 2.05) is 60.7 Å². The van der Waals surface area contributed by atoms with Crippen LogP contribution in [0.3, 0.4) is 0 Å². The fraction of sp³-hybridized carbons (Fsp3) is 0.200. The average molecular weight is 416 g/mol. The molecule has 6 nitrogen and oxygen atoms in total. The molecule has 0 bridgehead atoms. The smallest absolute Gasteiger partial charge is 0.338 e. The number of fused-ring (bicyclic) bond motifs is 1. The van der Waals surface area contributed by atoms with E-state index in [9.17, 15) is 9.59 Å². The lowest BCUT2D eigenvalue weighted by Gasteiger charge is -2.38. The fourth-order valence-electron chi connectivity index (χ4n) is 3.84. The number of methoxy groups -OCH3 is 2. The van der Waals surface area contributed by atoms with Gasteiger partial charge in [-0.3, -0.25) is 4.79 Å². The highest BCUT2D eigenvalue weighted by Gasteiger charge is 2.34. The number of esters is 1. The number of amides is 1. The van der Waals surface area contributed by atoms with Crippen LogP contribution in [0.5, 0.6) is 5.75 Å². The van der Waals surface area contributed by atoms with Crippen LogP contribution >= 0.6 is 0 Å². The van der Waals surface area contributed by atoms with E-state index in [2.05, 4.69) is 5.32 Å². The van der Waals surface area contributed by atoms with E-state index in [4.69, 9.17) is 9.47 Å². The summed E-state index contributed by atoms with van der Waals surface area (Å²) in [6.45, 7) is 0.479. The van der Waals surface area contributed by atoms with Gasteiger partial charge < -0.3 is 19.7 Å². The number of nitrogens with zero attached hydrogens (tertiary/aromatic N) is 1. The predicted molar refractivity (Wildman–Crippen MR) is 118 cm³/mol. The van der Waals surface area contributed by atoms with Gasteiger partial charge in [-0.15, -0.1) is 0 Å². The summed E-state index contributed by atoms with van der Waals surface area (Å²) in [5.41, 5.74) is 3.59. The van der Waals surface area contributed by atoms with Crippen LogP contribution in [0.15, 0.2) is 72.8 Å². The van der Waals surface area contributed by atoms with Gasteiger partial charge >= 0.3 is 5.97 Å². The van der Waals surface area contributed by atoms with E-state index in [1.54, 1.807) is 24.1 Å². The van der Waals surface area contributed by atoms with Crippen LogP contribution in [0, 0.1) is 0 Å². The summed E-state index contributed by atoms with van der Waals surface area (Å²) in [6, 6.07) is 22.4. The molecule has 0 radical (unpaired) electrons. The number of para-hydroxylation sites is 1. The highest BCUT2D eigenvalue weighted by atomic mass is 16.5. The third-order valence-corrected chi connectivity index (χ3v) is 5.48. The molecule has 3 aromatic rings. The lowest BCUT2D eigenvalue weighted by atomic mass is 9.99. The summed E-state index contributed by atoms with van der Waals surface area (Å²) in [5, 5.41) is 3.44. The van der Waals surface area contributed by atoms with Crippen molar-refractivity contribution in [2.75, 3.05) is 26.1 Å². The Morgan fingerprint density at radius 3 is 2.42 bits per heavy atom. The van der Waals surface area contributed by atoms with E-state index >= 15 is 0 Å². The lowest BCUT2D eigenvalue weighted by Crippen LogP contribution is -2.44. The summed E-state index contributed by atoms with van der Waals surface area (Å²) in [4.78, 5) is 27.6. The molecule has 1 atom stereocenters. The van der Waals surface area contributed by atoms with Gasteiger partial charge in [-0.1, -0.05) is 42.5 Å². The topological polar surface area (TPSA) is 67.9 Å². The van der Waals surface area contributed by atoms with Crippen molar-refractivity contribution in [2.24, 2.45) is 0 Å². The molecule has 31 heavy (non-hydrogen) atoms. The molecule has 158 valence electrons. The van der Waals surface area contributed by atoms with Crippen molar-refractivity contribution in [3.05, 3.63) is 95.1 Å². The van der Waals surface area contributed by atoms with E-state index in [1.165, 1.54) is 7.11 Å². The summed E-state index contributed by atoms with van der Waals surface area (Å²) in [5.74, 6) is 0.282. The largest absolute Gasteiger partial charge is 0.497 e. The van der Waals surface area contributed by atoms with Crippen molar-refractivity contribution < 1.29 is 19.1 Å². The molecule has 0 unspecified atom stereocenters. The monoisotopic (exact) mass is 416 g/mol. The van der Waals surface area contributed by atoms with E-state index in [0.29, 0.717) is 29.7 Å². The SMILES string of the molecule is COC(=O)c1ccccc1[C@H]1Nc2ccccc2C(=O)N1CCc1ccc(OC)cc1. The first-order valence-electron chi connectivity index (χ1n) is 10.1. The van der Waals surface area contributed by atoms with Crippen molar-refractivity contribution in [1.29, 1.82) is 0 Å².